The number of ether oxygens (including phenoxy) is 1. The summed E-state index contributed by atoms with van der Waals surface area (Å²) in [7, 11) is 0. The van der Waals surface area contributed by atoms with Crippen LogP contribution in [0.25, 0.3) is 0 Å². The molecule has 2 atom stereocenters. The zero-order valence-corrected chi connectivity index (χ0v) is 11.5. The van der Waals surface area contributed by atoms with Crippen molar-refractivity contribution >= 4 is 0 Å². The van der Waals surface area contributed by atoms with Crippen molar-refractivity contribution in [1.29, 1.82) is 0 Å². The van der Waals surface area contributed by atoms with E-state index >= 15 is 0 Å². The molecule has 0 aromatic rings. The van der Waals surface area contributed by atoms with Gasteiger partial charge in [0, 0.05) is 31.8 Å². The first-order valence-electron chi connectivity index (χ1n) is 7.30. The van der Waals surface area contributed by atoms with Crippen molar-refractivity contribution in [2.75, 3.05) is 32.8 Å². The van der Waals surface area contributed by atoms with Gasteiger partial charge in [-0.1, -0.05) is 13.8 Å². The SMILES string of the molecule is CC(C)NC1CCCN(CC2CCCOC2)C1. The van der Waals surface area contributed by atoms with Crippen molar-refractivity contribution in [3.63, 3.8) is 0 Å². The second-order valence-corrected chi connectivity index (χ2v) is 6.00. The lowest BCUT2D eigenvalue weighted by Crippen LogP contribution is -2.49. The van der Waals surface area contributed by atoms with E-state index in [1.807, 2.05) is 0 Å². The van der Waals surface area contributed by atoms with Crippen LogP contribution in [0.5, 0.6) is 0 Å². The first kappa shape index (κ1) is 13.3. The highest BCUT2D eigenvalue weighted by atomic mass is 16.5. The highest BCUT2D eigenvalue weighted by molar-refractivity contribution is 4.81. The highest BCUT2D eigenvalue weighted by Gasteiger charge is 2.23. The lowest BCUT2D eigenvalue weighted by Gasteiger charge is -2.37. The van der Waals surface area contributed by atoms with Gasteiger partial charge in [0.15, 0.2) is 0 Å². The normalized spacial score (nSPS) is 31.9. The zero-order chi connectivity index (χ0) is 12.1. The molecule has 1 N–H and O–H groups in total. The van der Waals surface area contributed by atoms with E-state index in [0.29, 0.717) is 12.1 Å². The summed E-state index contributed by atoms with van der Waals surface area (Å²) in [6.07, 6.45) is 5.30. The van der Waals surface area contributed by atoms with Gasteiger partial charge in [0.05, 0.1) is 6.61 Å². The first-order chi connectivity index (χ1) is 8.24. The van der Waals surface area contributed by atoms with Crippen LogP contribution in [0.4, 0.5) is 0 Å². The second kappa shape index (κ2) is 6.72. The number of rotatable bonds is 4. The summed E-state index contributed by atoms with van der Waals surface area (Å²) < 4.78 is 5.57. The Bertz CT molecular complexity index is 214. The quantitative estimate of drug-likeness (QED) is 0.812. The third-order valence-electron chi connectivity index (χ3n) is 3.85. The fourth-order valence-electron chi connectivity index (χ4n) is 3.15. The molecule has 0 aromatic heterocycles. The van der Waals surface area contributed by atoms with Gasteiger partial charge in [-0.25, -0.2) is 0 Å². The molecule has 2 fully saturated rings. The van der Waals surface area contributed by atoms with E-state index < -0.39 is 0 Å². The molecule has 0 spiro atoms. The molecule has 0 aliphatic carbocycles. The van der Waals surface area contributed by atoms with Crippen LogP contribution in [-0.4, -0.2) is 49.8 Å². The summed E-state index contributed by atoms with van der Waals surface area (Å²) in [5, 5.41) is 3.68. The van der Waals surface area contributed by atoms with Crippen molar-refractivity contribution in [3.8, 4) is 0 Å². The van der Waals surface area contributed by atoms with E-state index in [1.54, 1.807) is 0 Å². The molecular formula is C14H28N2O. The lowest BCUT2D eigenvalue weighted by atomic mass is 9.99. The van der Waals surface area contributed by atoms with Crippen LogP contribution < -0.4 is 5.32 Å². The van der Waals surface area contributed by atoms with Gasteiger partial charge in [-0.15, -0.1) is 0 Å². The Balaban J connectivity index is 1.72. The number of hydrogen-bond donors (Lipinski definition) is 1. The molecule has 2 aliphatic heterocycles. The molecule has 3 heteroatoms. The van der Waals surface area contributed by atoms with E-state index in [0.717, 1.165) is 19.1 Å². The summed E-state index contributed by atoms with van der Waals surface area (Å²) in [4.78, 5) is 2.64. The lowest BCUT2D eigenvalue weighted by molar-refractivity contribution is 0.0328. The average Bonchev–Trinajstić information content (AvgIpc) is 2.30. The number of piperidine rings is 1. The van der Waals surface area contributed by atoms with Gasteiger partial charge in [0.25, 0.3) is 0 Å². The van der Waals surface area contributed by atoms with Gasteiger partial charge in [-0.3, -0.25) is 0 Å². The Morgan fingerprint density at radius 1 is 1.29 bits per heavy atom. The molecule has 2 saturated heterocycles. The van der Waals surface area contributed by atoms with Gasteiger partial charge in [0.1, 0.15) is 0 Å². The minimum Gasteiger partial charge on any atom is -0.381 e. The first-order valence-corrected chi connectivity index (χ1v) is 7.30. The van der Waals surface area contributed by atoms with Gasteiger partial charge in [-0.2, -0.15) is 0 Å². The molecule has 2 heterocycles. The van der Waals surface area contributed by atoms with Crippen molar-refractivity contribution in [2.24, 2.45) is 5.92 Å². The van der Waals surface area contributed by atoms with Gasteiger partial charge < -0.3 is 15.0 Å². The van der Waals surface area contributed by atoms with Crippen LogP contribution >= 0.6 is 0 Å². The van der Waals surface area contributed by atoms with E-state index in [4.69, 9.17) is 4.74 Å². The third kappa shape index (κ3) is 4.57. The number of nitrogens with zero attached hydrogens (tertiary/aromatic N) is 1. The predicted molar refractivity (Wildman–Crippen MR) is 71.3 cm³/mol. The van der Waals surface area contributed by atoms with Gasteiger partial charge >= 0.3 is 0 Å². The standard InChI is InChI=1S/C14H28N2O/c1-12(2)15-14-6-3-7-16(10-14)9-13-5-4-8-17-11-13/h12-15H,3-11H2,1-2H3. The van der Waals surface area contributed by atoms with Crippen LogP contribution in [0.1, 0.15) is 39.5 Å². The highest BCUT2D eigenvalue weighted by Crippen LogP contribution is 2.18. The van der Waals surface area contributed by atoms with E-state index in [1.165, 1.54) is 45.3 Å². The maximum Gasteiger partial charge on any atom is 0.0506 e. The smallest absolute Gasteiger partial charge is 0.0506 e. The maximum atomic E-state index is 5.57. The van der Waals surface area contributed by atoms with Gasteiger partial charge in [0.2, 0.25) is 0 Å². The average molecular weight is 240 g/mol. The molecule has 3 nitrogen and oxygen atoms in total. The summed E-state index contributed by atoms with van der Waals surface area (Å²) >= 11 is 0. The van der Waals surface area contributed by atoms with Crippen LogP contribution in [0.2, 0.25) is 0 Å². The fraction of sp³-hybridized carbons (Fsp3) is 1.00. The predicted octanol–water partition coefficient (Wildman–Crippen LogP) is 1.88. The van der Waals surface area contributed by atoms with E-state index in [2.05, 4.69) is 24.1 Å². The molecule has 2 rings (SSSR count). The fourth-order valence-corrected chi connectivity index (χ4v) is 3.15. The number of hydrogen-bond acceptors (Lipinski definition) is 3. The van der Waals surface area contributed by atoms with E-state index in [9.17, 15) is 0 Å². The molecule has 100 valence electrons. The largest absolute Gasteiger partial charge is 0.381 e. The summed E-state index contributed by atoms with van der Waals surface area (Å²) in [6, 6.07) is 1.31. The third-order valence-corrected chi connectivity index (χ3v) is 3.85. The topological polar surface area (TPSA) is 24.5 Å². The molecule has 17 heavy (non-hydrogen) atoms. The van der Waals surface area contributed by atoms with E-state index in [-0.39, 0.29) is 0 Å². The minimum absolute atomic E-state index is 0.609. The van der Waals surface area contributed by atoms with Gasteiger partial charge in [-0.05, 0) is 38.1 Å². The van der Waals surface area contributed by atoms with Crippen molar-refractivity contribution < 1.29 is 4.74 Å². The second-order valence-electron chi connectivity index (χ2n) is 6.00. The molecule has 0 aromatic carbocycles. The monoisotopic (exact) mass is 240 g/mol. The molecule has 2 unspecified atom stereocenters. The molecule has 2 aliphatic rings. The summed E-state index contributed by atoms with van der Waals surface area (Å²) in [6.45, 7) is 10.2. The maximum absolute atomic E-state index is 5.57. The Morgan fingerprint density at radius 3 is 2.88 bits per heavy atom. The Kier molecular flexibility index (Phi) is 5.26. The molecular weight excluding hydrogens is 212 g/mol. The Hall–Kier alpha value is -0.120. The Morgan fingerprint density at radius 2 is 2.18 bits per heavy atom. The molecule has 0 bridgehead atoms. The molecule has 0 saturated carbocycles. The Labute approximate surface area is 106 Å². The minimum atomic E-state index is 0.609. The molecule has 0 amide bonds. The number of likely N-dealkylation sites (tertiary alicyclic amines) is 1. The van der Waals surface area contributed by atoms with Crippen LogP contribution in [-0.2, 0) is 4.74 Å². The van der Waals surface area contributed by atoms with Crippen LogP contribution in [0.15, 0.2) is 0 Å². The van der Waals surface area contributed by atoms with Crippen molar-refractivity contribution in [3.05, 3.63) is 0 Å². The van der Waals surface area contributed by atoms with Crippen molar-refractivity contribution in [1.82, 2.24) is 10.2 Å². The summed E-state index contributed by atoms with van der Waals surface area (Å²) in [5.74, 6) is 0.779. The molecule has 0 radical (unpaired) electrons. The number of nitrogens with one attached hydrogen (secondary N) is 1. The van der Waals surface area contributed by atoms with Crippen molar-refractivity contribution in [2.45, 2.75) is 51.6 Å². The van der Waals surface area contributed by atoms with Crippen LogP contribution in [0, 0.1) is 5.92 Å². The zero-order valence-electron chi connectivity index (χ0n) is 11.5. The summed E-state index contributed by atoms with van der Waals surface area (Å²) in [5.41, 5.74) is 0. The van der Waals surface area contributed by atoms with Crippen LogP contribution in [0.3, 0.4) is 0 Å².